The first kappa shape index (κ1) is 10.4. The minimum absolute atomic E-state index is 0.165. The molecule has 0 aromatic heterocycles. The van der Waals surface area contributed by atoms with Crippen molar-refractivity contribution in [2.24, 2.45) is 0 Å². The van der Waals surface area contributed by atoms with E-state index >= 15 is 0 Å². The fraction of sp³-hybridized carbons (Fsp3) is 0.300. The molecule has 1 aromatic carbocycles. The summed E-state index contributed by atoms with van der Waals surface area (Å²) in [6.45, 7) is 3.37. The van der Waals surface area contributed by atoms with Gasteiger partial charge in [-0.1, -0.05) is 22.9 Å². The highest BCUT2D eigenvalue weighted by Gasteiger charge is 2.12. The standard InChI is InChI=1S/C10H10BrFO/c1-3-9(13)8-5-7(11)4-6(2)10(8)12/h4-5H,3H2,1-2H3. The monoisotopic (exact) mass is 244 g/mol. The third kappa shape index (κ3) is 2.15. The van der Waals surface area contributed by atoms with Crippen LogP contribution in [0.4, 0.5) is 4.39 Å². The number of hydrogen-bond donors (Lipinski definition) is 0. The van der Waals surface area contributed by atoms with Gasteiger partial charge in [0.2, 0.25) is 0 Å². The average molecular weight is 245 g/mol. The molecular formula is C10H10BrFO. The predicted molar refractivity (Wildman–Crippen MR) is 53.5 cm³/mol. The van der Waals surface area contributed by atoms with Crippen molar-refractivity contribution in [2.45, 2.75) is 20.3 Å². The maximum atomic E-state index is 13.4. The molecule has 0 aliphatic carbocycles. The normalized spacial score (nSPS) is 10.2. The zero-order valence-electron chi connectivity index (χ0n) is 7.53. The average Bonchev–Trinajstić information content (AvgIpc) is 2.10. The molecular weight excluding hydrogens is 235 g/mol. The van der Waals surface area contributed by atoms with Crippen LogP contribution in [0.2, 0.25) is 0 Å². The van der Waals surface area contributed by atoms with Crippen LogP contribution in [0, 0.1) is 12.7 Å². The lowest BCUT2D eigenvalue weighted by atomic mass is 10.1. The Kier molecular flexibility index (Phi) is 3.20. The van der Waals surface area contributed by atoms with E-state index in [9.17, 15) is 9.18 Å². The number of ketones is 1. The van der Waals surface area contributed by atoms with Gasteiger partial charge in [0, 0.05) is 10.9 Å². The molecule has 0 heterocycles. The van der Waals surface area contributed by atoms with E-state index in [-0.39, 0.29) is 11.3 Å². The number of aryl methyl sites for hydroxylation is 1. The summed E-state index contributed by atoms with van der Waals surface area (Å²) in [6, 6.07) is 3.18. The number of benzene rings is 1. The highest BCUT2D eigenvalue weighted by Crippen LogP contribution is 2.20. The molecule has 0 amide bonds. The third-order valence-corrected chi connectivity index (χ3v) is 2.30. The van der Waals surface area contributed by atoms with Crippen LogP contribution in [-0.2, 0) is 0 Å². The lowest BCUT2D eigenvalue weighted by Gasteiger charge is -2.04. The van der Waals surface area contributed by atoms with Crippen molar-refractivity contribution in [2.75, 3.05) is 0 Å². The molecule has 0 unspecified atom stereocenters. The molecule has 0 fully saturated rings. The van der Waals surface area contributed by atoms with Gasteiger partial charge in [-0.3, -0.25) is 4.79 Å². The van der Waals surface area contributed by atoms with Crippen LogP contribution in [-0.4, -0.2) is 5.78 Å². The van der Waals surface area contributed by atoms with E-state index < -0.39 is 5.82 Å². The Labute approximate surface area is 85.1 Å². The zero-order chi connectivity index (χ0) is 10.0. The number of halogens is 2. The maximum Gasteiger partial charge on any atom is 0.165 e. The number of rotatable bonds is 2. The van der Waals surface area contributed by atoms with E-state index in [4.69, 9.17) is 0 Å². The van der Waals surface area contributed by atoms with Crippen molar-refractivity contribution in [1.82, 2.24) is 0 Å². The lowest BCUT2D eigenvalue weighted by molar-refractivity contribution is 0.0984. The first-order chi connectivity index (χ1) is 6.06. The fourth-order valence-corrected chi connectivity index (χ4v) is 1.69. The van der Waals surface area contributed by atoms with E-state index in [1.54, 1.807) is 19.9 Å². The van der Waals surface area contributed by atoms with E-state index in [0.29, 0.717) is 12.0 Å². The van der Waals surface area contributed by atoms with E-state index in [1.807, 2.05) is 0 Å². The Morgan fingerprint density at radius 3 is 2.69 bits per heavy atom. The van der Waals surface area contributed by atoms with Crippen molar-refractivity contribution in [3.05, 3.63) is 33.5 Å². The van der Waals surface area contributed by atoms with Gasteiger partial charge in [-0.15, -0.1) is 0 Å². The quantitative estimate of drug-likeness (QED) is 0.729. The van der Waals surface area contributed by atoms with Crippen LogP contribution >= 0.6 is 15.9 Å². The number of carbonyl (C=O) groups excluding carboxylic acids is 1. The van der Waals surface area contributed by atoms with Crippen molar-refractivity contribution in [3.8, 4) is 0 Å². The Bertz CT molecular complexity index is 347. The fourth-order valence-electron chi connectivity index (χ4n) is 1.12. The van der Waals surface area contributed by atoms with Gasteiger partial charge < -0.3 is 0 Å². The SMILES string of the molecule is CCC(=O)c1cc(Br)cc(C)c1F. The van der Waals surface area contributed by atoms with E-state index in [2.05, 4.69) is 15.9 Å². The molecule has 1 rings (SSSR count). The van der Waals surface area contributed by atoms with Crippen LogP contribution in [0.3, 0.4) is 0 Å². The molecule has 13 heavy (non-hydrogen) atoms. The summed E-state index contributed by atoms with van der Waals surface area (Å²) in [5, 5.41) is 0. The third-order valence-electron chi connectivity index (χ3n) is 1.84. The van der Waals surface area contributed by atoms with Gasteiger partial charge in [0.15, 0.2) is 5.78 Å². The van der Waals surface area contributed by atoms with E-state index in [0.717, 1.165) is 4.47 Å². The summed E-state index contributed by atoms with van der Waals surface area (Å²) < 4.78 is 14.1. The number of carbonyl (C=O) groups is 1. The number of hydrogen-bond acceptors (Lipinski definition) is 1. The summed E-state index contributed by atoms with van der Waals surface area (Å²) in [5.41, 5.74) is 0.667. The largest absolute Gasteiger partial charge is 0.294 e. The summed E-state index contributed by atoms with van der Waals surface area (Å²) in [4.78, 5) is 11.3. The minimum Gasteiger partial charge on any atom is -0.294 e. The molecule has 0 saturated heterocycles. The molecule has 1 nitrogen and oxygen atoms in total. The summed E-state index contributed by atoms with van der Waals surface area (Å²) in [7, 11) is 0. The molecule has 0 bridgehead atoms. The van der Waals surface area contributed by atoms with Crippen molar-refractivity contribution in [3.63, 3.8) is 0 Å². The Morgan fingerprint density at radius 2 is 2.15 bits per heavy atom. The van der Waals surface area contributed by atoms with Gasteiger partial charge in [-0.05, 0) is 24.6 Å². The van der Waals surface area contributed by atoms with Gasteiger partial charge in [-0.2, -0.15) is 0 Å². The van der Waals surface area contributed by atoms with Crippen molar-refractivity contribution < 1.29 is 9.18 Å². The molecule has 0 spiro atoms. The summed E-state index contributed by atoms with van der Waals surface area (Å²) >= 11 is 3.23. The molecule has 0 aliphatic heterocycles. The van der Waals surface area contributed by atoms with Gasteiger partial charge in [0.05, 0.1) is 5.56 Å². The highest BCUT2D eigenvalue weighted by molar-refractivity contribution is 9.10. The lowest BCUT2D eigenvalue weighted by Crippen LogP contribution is -2.02. The number of Topliss-reactive ketones (excluding diaryl/α,β-unsaturated/α-hetero) is 1. The van der Waals surface area contributed by atoms with Crippen molar-refractivity contribution in [1.29, 1.82) is 0 Å². The van der Waals surface area contributed by atoms with Crippen LogP contribution in [0.15, 0.2) is 16.6 Å². The second-order valence-electron chi connectivity index (χ2n) is 2.86. The molecule has 1 aromatic rings. The molecule has 3 heteroatoms. The van der Waals surface area contributed by atoms with Gasteiger partial charge in [0.1, 0.15) is 5.82 Å². The minimum atomic E-state index is -0.407. The maximum absolute atomic E-state index is 13.4. The Hall–Kier alpha value is -0.700. The molecule has 0 radical (unpaired) electrons. The summed E-state index contributed by atoms with van der Waals surface area (Å²) in [5.74, 6) is -0.572. The van der Waals surface area contributed by atoms with Crippen LogP contribution in [0.1, 0.15) is 29.3 Å². The molecule has 70 valence electrons. The van der Waals surface area contributed by atoms with Gasteiger partial charge in [0.25, 0.3) is 0 Å². The summed E-state index contributed by atoms with van der Waals surface area (Å²) in [6.07, 6.45) is 0.326. The van der Waals surface area contributed by atoms with Gasteiger partial charge in [-0.25, -0.2) is 4.39 Å². The van der Waals surface area contributed by atoms with Crippen LogP contribution in [0.25, 0.3) is 0 Å². The molecule has 0 N–H and O–H groups in total. The van der Waals surface area contributed by atoms with Crippen LogP contribution < -0.4 is 0 Å². The highest BCUT2D eigenvalue weighted by atomic mass is 79.9. The Morgan fingerprint density at radius 1 is 1.54 bits per heavy atom. The first-order valence-electron chi connectivity index (χ1n) is 4.05. The second kappa shape index (κ2) is 4.01. The molecule has 0 atom stereocenters. The van der Waals surface area contributed by atoms with E-state index in [1.165, 1.54) is 6.07 Å². The first-order valence-corrected chi connectivity index (χ1v) is 4.84. The second-order valence-corrected chi connectivity index (χ2v) is 3.78. The molecule has 0 saturated carbocycles. The van der Waals surface area contributed by atoms with Crippen LogP contribution in [0.5, 0.6) is 0 Å². The zero-order valence-corrected chi connectivity index (χ0v) is 9.11. The Balaban J connectivity index is 3.28. The van der Waals surface area contributed by atoms with Crippen molar-refractivity contribution >= 4 is 21.7 Å². The topological polar surface area (TPSA) is 17.1 Å². The smallest absolute Gasteiger partial charge is 0.165 e. The van der Waals surface area contributed by atoms with Gasteiger partial charge >= 0.3 is 0 Å². The molecule has 0 aliphatic rings. The predicted octanol–water partition coefficient (Wildman–Crippen LogP) is 3.49.